The number of nitrogens with one attached hydrogen (secondary N) is 2. The van der Waals surface area contributed by atoms with Crippen LogP contribution in [-0.2, 0) is 4.79 Å². The standard InChI is InChI=1S/C16H26N4O/c1-2-16(7-3-4-8-16)15(21)19-13-11-18-20(12-13)14-5-9-17-10-6-14/h11-12,14,17H,2-10H2,1H3,(H,19,21). The quantitative estimate of drug-likeness (QED) is 0.896. The maximum absolute atomic E-state index is 12.6. The SMILES string of the molecule is CCC1(C(=O)Nc2cnn(C3CCNCC3)c2)CCCC1. The topological polar surface area (TPSA) is 59.0 Å². The lowest BCUT2D eigenvalue weighted by atomic mass is 9.82. The van der Waals surface area contributed by atoms with Gasteiger partial charge in [0, 0.05) is 11.6 Å². The van der Waals surface area contributed by atoms with Crippen molar-refractivity contribution in [1.29, 1.82) is 0 Å². The van der Waals surface area contributed by atoms with Gasteiger partial charge in [0.2, 0.25) is 5.91 Å². The summed E-state index contributed by atoms with van der Waals surface area (Å²) in [6.07, 6.45) is 11.3. The molecule has 2 heterocycles. The van der Waals surface area contributed by atoms with Gasteiger partial charge >= 0.3 is 0 Å². The minimum Gasteiger partial charge on any atom is -0.323 e. The number of carbonyl (C=O) groups is 1. The third-order valence-corrected chi connectivity index (χ3v) is 5.26. The van der Waals surface area contributed by atoms with Crippen LogP contribution in [0.4, 0.5) is 5.69 Å². The monoisotopic (exact) mass is 290 g/mol. The van der Waals surface area contributed by atoms with Gasteiger partial charge in [0.05, 0.1) is 17.9 Å². The Morgan fingerprint density at radius 2 is 2.14 bits per heavy atom. The number of carbonyl (C=O) groups excluding carboxylic acids is 1. The van der Waals surface area contributed by atoms with E-state index in [1.165, 1.54) is 12.8 Å². The molecule has 0 bridgehead atoms. The number of amides is 1. The molecule has 5 nitrogen and oxygen atoms in total. The van der Waals surface area contributed by atoms with Gasteiger partial charge in [-0.2, -0.15) is 5.10 Å². The molecule has 1 aliphatic heterocycles. The van der Waals surface area contributed by atoms with E-state index in [-0.39, 0.29) is 11.3 Å². The summed E-state index contributed by atoms with van der Waals surface area (Å²) in [5.74, 6) is 0.187. The van der Waals surface area contributed by atoms with Gasteiger partial charge in [-0.15, -0.1) is 0 Å². The summed E-state index contributed by atoms with van der Waals surface area (Å²) >= 11 is 0. The van der Waals surface area contributed by atoms with Crippen molar-refractivity contribution in [2.45, 2.75) is 57.9 Å². The number of nitrogens with zero attached hydrogens (tertiary/aromatic N) is 2. The molecule has 1 amide bonds. The van der Waals surface area contributed by atoms with Gasteiger partial charge in [-0.1, -0.05) is 19.8 Å². The second-order valence-corrected chi connectivity index (χ2v) is 6.49. The minimum atomic E-state index is -0.142. The minimum absolute atomic E-state index is 0.142. The summed E-state index contributed by atoms with van der Waals surface area (Å²) in [5, 5.41) is 10.9. The second kappa shape index (κ2) is 6.18. The molecule has 0 aromatic carbocycles. The van der Waals surface area contributed by atoms with E-state index in [0.717, 1.165) is 50.9 Å². The van der Waals surface area contributed by atoms with Crippen LogP contribution in [0.5, 0.6) is 0 Å². The smallest absolute Gasteiger partial charge is 0.230 e. The Morgan fingerprint density at radius 3 is 2.81 bits per heavy atom. The Kier molecular flexibility index (Phi) is 4.29. The van der Waals surface area contributed by atoms with Crippen LogP contribution < -0.4 is 10.6 Å². The molecule has 2 N–H and O–H groups in total. The van der Waals surface area contributed by atoms with E-state index in [2.05, 4.69) is 22.7 Å². The van der Waals surface area contributed by atoms with Crippen LogP contribution >= 0.6 is 0 Å². The zero-order valence-corrected chi connectivity index (χ0v) is 12.9. The molecule has 0 spiro atoms. The molecule has 0 atom stereocenters. The summed E-state index contributed by atoms with van der Waals surface area (Å²) in [7, 11) is 0. The lowest BCUT2D eigenvalue weighted by molar-refractivity contribution is -0.125. The largest absolute Gasteiger partial charge is 0.323 e. The van der Waals surface area contributed by atoms with Crippen LogP contribution in [0, 0.1) is 5.41 Å². The first-order valence-electron chi connectivity index (χ1n) is 8.30. The fraction of sp³-hybridized carbons (Fsp3) is 0.750. The van der Waals surface area contributed by atoms with Crippen molar-refractivity contribution in [3.63, 3.8) is 0 Å². The molecule has 1 aliphatic carbocycles. The van der Waals surface area contributed by atoms with E-state index in [4.69, 9.17) is 0 Å². The molecule has 0 unspecified atom stereocenters. The average molecular weight is 290 g/mol. The molecular formula is C16H26N4O. The molecule has 2 fully saturated rings. The van der Waals surface area contributed by atoms with E-state index in [1.54, 1.807) is 6.20 Å². The number of rotatable bonds is 4. The lowest BCUT2D eigenvalue weighted by Gasteiger charge is -2.25. The molecule has 1 aromatic rings. The molecule has 0 radical (unpaired) electrons. The third-order valence-electron chi connectivity index (χ3n) is 5.26. The molecule has 3 rings (SSSR count). The average Bonchev–Trinajstić information content (AvgIpc) is 3.18. The lowest BCUT2D eigenvalue weighted by Crippen LogP contribution is -2.33. The van der Waals surface area contributed by atoms with Gasteiger partial charge in [0.25, 0.3) is 0 Å². The van der Waals surface area contributed by atoms with Crippen LogP contribution in [-0.4, -0.2) is 28.8 Å². The number of piperidine rings is 1. The Bertz CT molecular complexity index is 484. The van der Waals surface area contributed by atoms with E-state index in [1.807, 2.05) is 10.9 Å². The molecule has 2 aliphatic rings. The highest BCUT2D eigenvalue weighted by Crippen LogP contribution is 2.41. The van der Waals surface area contributed by atoms with Gasteiger partial charge in [0.1, 0.15) is 0 Å². The van der Waals surface area contributed by atoms with Crippen LogP contribution in [0.3, 0.4) is 0 Å². The summed E-state index contributed by atoms with van der Waals surface area (Å²) in [6, 6.07) is 0.462. The maximum atomic E-state index is 12.6. The molecule has 5 heteroatoms. The first-order valence-corrected chi connectivity index (χ1v) is 8.30. The van der Waals surface area contributed by atoms with Gasteiger partial charge in [0.15, 0.2) is 0 Å². The molecule has 21 heavy (non-hydrogen) atoms. The Hall–Kier alpha value is -1.36. The summed E-state index contributed by atoms with van der Waals surface area (Å²) < 4.78 is 2.02. The fourth-order valence-electron chi connectivity index (χ4n) is 3.73. The van der Waals surface area contributed by atoms with Crippen molar-refractivity contribution in [3.8, 4) is 0 Å². The highest BCUT2D eigenvalue weighted by molar-refractivity contribution is 5.95. The van der Waals surface area contributed by atoms with E-state index in [0.29, 0.717) is 6.04 Å². The van der Waals surface area contributed by atoms with Crippen LogP contribution in [0.1, 0.15) is 57.9 Å². The van der Waals surface area contributed by atoms with Crippen molar-refractivity contribution in [1.82, 2.24) is 15.1 Å². The Morgan fingerprint density at radius 1 is 1.43 bits per heavy atom. The number of anilines is 1. The molecule has 116 valence electrons. The predicted octanol–water partition coefficient (Wildman–Crippen LogP) is 2.72. The highest BCUT2D eigenvalue weighted by Gasteiger charge is 2.39. The zero-order valence-electron chi connectivity index (χ0n) is 12.9. The molecule has 1 aromatic heterocycles. The number of aromatic nitrogens is 2. The first-order chi connectivity index (χ1) is 10.2. The first kappa shape index (κ1) is 14.6. The van der Waals surface area contributed by atoms with Crippen molar-refractivity contribution in [3.05, 3.63) is 12.4 Å². The molecule has 1 saturated carbocycles. The van der Waals surface area contributed by atoms with Crippen molar-refractivity contribution >= 4 is 11.6 Å². The second-order valence-electron chi connectivity index (χ2n) is 6.49. The van der Waals surface area contributed by atoms with Crippen LogP contribution in [0.15, 0.2) is 12.4 Å². The van der Waals surface area contributed by atoms with Gasteiger partial charge in [-0.25, -0.2) is 0 Å². The summed E-state index contributed by atoms with van der Waals surface area (Å²) in [6.45, 7) is 4.22. The summed E-state index contributed by atoms with van der Waals surface area (Å²) in [4.78, 5) is 12.6. The third kappa shape index (κ3) is 2.98. The van der Waals surface area contributed by atoms with Crippen molar-refractivity contribution in [2.75, 3.05) is 18.4 Å². The van der Waals surface area contributed by atoms with E-state index < -0.39 is 0 Å². The number of hydrogen-bond donors (Lipinski definition) is 2. The van der Waals surface area contributed by atoms with E-state index >= 15 is 0 Å². The molecular weight excluding hydrogens is 264 g/mol. The molecule has 1 saturated heterocycles. The van der Waals surface area contributed by atoms with Gasteiger partial charge in [-0.05, 0) is 45.2 Å². The fourth-order valence-corrected chi connectivity index (χ4v) is 3.73. The van der Waals surface area contributed by atoms with Gasteiger partial charge < -0.3 is 10.6 Å². The van der Waals surface area contributed by atoms with E-state index in [9.17, 15) is 4.79 Å². The predicted molar refractivity (Wildman–Crippen MR) is 83.2 cm³/mol. The Balaban J connectivity index is 1.65. The zero-order chi connectivity index (χ0) is 14.7. The van der Waals surface area contributed by atoms with Crippen molar-refractivity contribution < 1.29 is 4.79 Å². The van der Waals surface area contributed by atoms with Crippen molar-refractivity contribution in [2.24, 2.45) is 5.41 Å². The summed E-state index contributed by atoms with van der Waals surface area (Å²) in [5.41, 5.74) is 0.704. The maximum Gasteiger partial charge on any atom is 0.230 e. The van der Waals surface area contributed by atoms with Gasteiger partial charge in [-0.3, -0.25) is 9.48 Å². The van der Waals surface area contributed by atoms with Crippen LogP contribution in [0.25, 0.3) is 0 Å². The highest BCUT2D eigenvalue weighted by atomic mass is 16.2. The Labute approximate surface area is 126 Å². The number of hydrogen-bond acceptors (Lipinski definition) is 3. The van der Waals surface area contributed by atoms with Crippen LogP contribution in [0.2, 0.25) is 0 Å². The normalized spacial score (nSPS) is 22.3.